The van der Waals surface area contributed by atoms with Crippen LogP contribution in [0.5, 0.6) is 0 Å². The van der Waals surface area contributed by atoms with Gasteiger partial charge in [-0.15, -0.1) is 0 Å². The summed E-state index contributed by atoms with van der Waals surface area (Å²) in [6.07, 6.45) is 1.72. The van der Waals surface area contributed by atoms with Crippen LogP contribution in [-0.2, 0) is 7.05 Å². The van der Waals surface area contributed by atoms with Gasteiger partial charge in [0.15, 0.2) is 0 Å². The lowest BCUT2D eigenvalue weighted by molar-refractivity contribution is 0.873. The van der Waals surface area contributed by atoms with Gasteiger partial charge in [-0.25, -0.2) is 0 Å². The number of fused-ring (bicyclic) bond motifs is 1. The van der Waals surface area contributed by atoms with Crippen molar-refractivity contribution in [3.8, 4) is 0 Å². The second-order valence-corrected chi connectivity index (χ2v) is 3.04. The second-order valence-electron chi connectivity index (χ2n) is 3.04. The standard InChI is InChI=1S/C10H10N2O.C2H6/c1-12-6-5-7-8(10(12)13)3-2-4-9(7)11;1-2/h2-6H,11H2,1H3;1-2H3. The van der Waals surface area contributed by atoms with Crippen LogP contribution in [0.25, 0.3) is 10.8 Å². The molecule has 0 spiro atoms. The minimum Gasteiger partial charge on any atom is -0.398 e. The van der Waals surface area contributed by atoms with E-state index >= 15 is 0 Å². The fourth-order valence-corrected chi connectivity index (χ4v) is 1.40. The first kappa shape index (κ1) is 11.3. The largest absolute Gasteiger partial charge is 0.398 e. The SMILES string of the molecule is CC.Cn1ccc2c(N)cccc2c1=O. The molecule has 0 aliphatic rings. The van der Waals surface area contributed by atoms with Crippen LogP contribution in [0.2, 0.25) is 0 Å². The van der Waals surface area contributed by atoms with Crippen LogP contribution in [0.4, 0.5) is 5.69 Å². The average molecular weight is 204 g/mol. The van der Waals surface area contributed by atoms with Gasteiger partial charge < -0.3 is 10.3 Å². The maximum Gasteiger partial charge on any atom is 0.258 e. The average Bonchev–Trinajstić information content (AvgIpc) is 2.27. The Kier molecular flexibility index (Phi) is 3.50. The predicted octanol–water partition coefficient (Wildman–Crippen LogP) is 2.15. The molecule has 0 aliphatic carbocycles. The molecule has 0 saturated carbocycles. The Morgan fingerprint density at radius 2 is 1.80 bits per heavy atom. The highest BCUT2D eigenvalue weighted by Crippen LogP contribution is 2.16. The normalized spacial score (nSPS) is 9.53. The first-order valence-corrected chi connectivity index (χ1v) is 5.04. The van der Waals surface area contributed by atoms with Gasteiger partial charge in [0, 0.05) is 29.7 Å². The van der Waals surface area contributed by atoms with Gasteiger partial charge in [-0.3, -0.25) is 4.79 Å². The minimum absolute atomic E-state index is 0.00944. The Labute approximate surface area is 89.1 Å². The molecular weight excluding hydrogens is 188 g/mol. The predicted molar refractivity (Wildman–Crippen MR) is 64.9 cm³/mol. The molecule has 2 N–H and O–H groups in total. The summed E-state index contributed by atoms with van der Waals surface area (Å²) < 4.78 is 1.54. The summed E-state index contributed by atoms with van der Waals surface area (Å²) in [6, 6.07) is 7.22. The fourth-order valence-electron chi connectivity index (χ4n) is 1.40. The van der Waals surface area contributed by atoms with Crippen molar-refractivity contribution in [2.75, 3.05) is 5.73 Å². The number of anilines is 1. The first-order valence-electron chi connectivity index (χ1n) is 5.04. The van der Waals surface area contributed by atoms with E-state index < -0.39 is 0 Å². The van der Waals surface area contributed by atoms with E-state index in [0.717, 1.165) is 5.39 Å². The number of benzene rings is 1. The van der Waals surface area contributed by atoms with Gasteiger partial charge in [0.05, 0.1) is 0 Å². The summed E-state index contributed by atoms with van der Waals surface area (Å²) >= 11 is 0. The Hall–Kier alpha value is -1.77. The summed E-state index contributed by atoms with van der Waals surface area (Å²) in [5, 5.41) is 1.50. The molecule has 0 amide bonds. The summed E-state index contributed by atoms with van der Waals surface area (Å²) in [6.45, 7) is 4.00. The molecule has 2 aromatic rings. The lowest BCUT2D eigenvalue weighted by atomic mass is 10.1. The molecule has 1 heterocycles. The van der Waals surface area contributed by atoms with E-state index in [1.54, 1.807) is 36.0 Å². The van der Waals surface area contributed by atoms with Gasteiger partial charge >= 0.3 is 0 Å². The number of pyridine rings is 1. The minimum atomic E-state index is -0.00944. The Bertz CT molecular complexity index is 515. The van der Waals surface area contributed by atoms with Crippen molar-refractivity contribution in [1.82, 2.24) is 4.57 Å². The van der Waals surface area contributed by atoms with Gasteiger partial charge in [0.2, 0.25) is 0 Å². The number of hydrogen-bond donors (Lipinski definition) is 1. The van der Waals surface area contributed by atoms with Gasteiger partial charge in [-0.2, -0.15) is 0 Å². The van der Waals surface area contributed by atoms with E-state index in [1.165, 1.54) is 0 Å². The third-order valence-electron chi connectivity index (χ3n) is 2.16. The Morgan fingerprint density at radius 3 is 2.47 bits per heavy atom. The maximum absolute atomic E-state index is 11.6. The summed E-state index contributed by atoms with van der Waals surface area (Å²) in [7, 11) is 1.73. The molecule has 3 heteroatoms. The van der Waals surface area contributed by atoms with Crippen LogP contribution in [-0.4, -0.2) is 4.57 Å². The number of aromatic nitrogens is 1. The number of aryl methyl sites for hydroxylation is 1. The smallest absolute Gasteiger partial charge is 0.258 e. The van der Waals surface area contributed by atoms with Crippen molar-refractivity contribution in [2.45, 2.75) is 13.8 Å². The Morgan fingerprint density at radius 1 is 1.13 bits per heavy atom. The van der Waals surface area contributed by atoms with Crippen LogP contribution < -0.4 is 11.3 Å². The van der Waals surface area contributed by atoms with Gasteiger partial charge in [-0.05, 0) is 18.2 Å². The number of nitrogen functional groups attached to an aromatic ring is 1. The van der Waals surface area contributed by atoms with Gasteiger partial charge in [0.1, 0.15) is 0 Å². The maximum atomic E-state index is 11.6. The highest BCUT2D eigenvalue weighted by Gasteiger charge is 2.01. The van der Waals surface area contributed by atoms with Gasteiger partial charge in [-0.1, -0.05) is 19.9 Å². The molecule has 0 atom stereocenters. The van der Waals surface area contributed by atoms with Crippen LogP contribution in [0.15, 0.2) is 35.3 Å². The highest BCUT2D eigenvalue weighted by molar-refractivity contribution is 5.91. The molecule has 1 aromatic heterocycles. The monoisotopic (exact) mass is 204 g/mol. The topological polar surface area (TPSA) is 48.0 Å². The van der Waals surface area contributed by atoms with E-state index in [0.29, 0.717) is 11.1 Å². The molecule has 80 valence electrons. The quantitative estimate of drug-likeness (QED) is 0.668. The summed E-state index contributed by atoms with van der Waals surface area (Å²) in [5.41, 5.74) is 6.37. The lowest BCUT2D eigenvalue weighted by Gasteiger charge is -2.02. The molecule has 15 heavy (non-hydrogen) atoms. The molecule has 1 aromatic carbocycles. The molecule has 0 radical (unpaired) electrons. The van der Waals surface area contributed by atoms with Crippen molar-refractivity contribution in [3.63, 3.8) is 0 Å². The zero-order chi connectivity index (χ0) is 11.4. The van der Waals surface area contributed by atoms with E-state index in [4.69, 9.17) is 5.73 Å². The van der Waals surface area contributed by atoms with E-state index in [-0.39, 0.29) is 5.56 Å². The van der Waals surface area contributed by atoms with Crippen molar-refractivity contribution in [2.24, 2.45) is 7.05 Å². The van der Waals surface area contributed by atoms with Gasteiger partial charge in [0.25, 0.3) is 5.56 Å². The molecule has 0 aliphatic heterocycles. The zero-order valence-corrected chi connectivity index (χ0v) is 9.32. The second kappa shape index (κ2) is 4.64. The molecular formula is C12H16N2O. The van der Waals surface area contributed by atoms with Crippen molar-refractivity contribution >= 4 is 16.5 Å². The third-order valence-corrected chi connectivity index (χ3v) is 2.16. The molecule has 3 nitrogen and oxygen atoms in total. The number of nitrogens with zero attached hydrogens (tertiary/aromatic N) is 1. The number of hydrogen-bond acceptors (Lipinski definition) is 2. The molecule has 0 unspecified atom stereocenters. The highest BCUT2D eigenvalue weighted by atomic mass is 16.1. The molecule has 0 bridgehead atoms. The third kappa shape index (κ3) is 2.01. The molecule has 0 saturated heterocycles. The lowest BCUT2D eigenvalue weighted by Crippen LogP contribution is -2.15. The van der Waals surface area contributed by atoms with E-state index in [1.807, 2.05) is 19.9 Å². The van der Waals surface area contributed by atoms with E-state index in [9.17, 15) is 4.79 Å². The van der Waals surface area contributed by atoms with Crippen molar-refractivity contribution < 1.29 is 0 Å². The number of nitrogens with two attached hydrogens (primary N) is 1. The summed E-state index contributed by atoms with van der Waals surface area (Å²) in [4.78, 5) is 11.6. The summed E-state index contributed by atoms with van der Waals surface area (Å²) in [5.74, 6) is 0. The van der Waals surface area contributed by atoms with Crippen molar-refractivity contribution in [3.05, 3.63) is 40.8 Å². The molecule has 0 fully saturated rings. The fraction of sp³-hybridized carbons (Fsp3) is 0.250. The van der Waals surface area contributed by atoms with Crippen LogP contribution in [0.3, 0.4) is 0 Å². The van der Waals surface area contributed by atoms with Crippen LogP contribution >= 0.6 is 0 Å². The number of rotatable bonds is 0. The Balaban J connectivity index is 0.000000531. The van der Waals surface area contributed by atoms with Crippen molar-refractivity contribution in [1.29, 1.82) is 0 Å². The zero-order valence-electron chi connectivity index (χ0n) is 9.32. The van der Waals surface area contributed by atoms with Crippen LogP contribution in [0, 0.1) is 0 Å². The molecule has 2 rings (SSSR count). The van der Waals surface area contributed by atoms with Crippen LogP contribution in [0.1, 0.15) is 13.8 Å². The first-order chi connectivity index (χ1) is 7.20. The van der Waals surface area contributed by atoms with E-state index in [2.05, 4.69) is 0 Å².